The molecule has 258 valence electrons. The van der Waals surface area contributed by atoms with Gasteiger partial charge in [0.05, 0.1) is 55.5 Å². The minimum Gasteiger partial charge on any atom is -0.309 e. The lowest BCUT2D eigenvalue weighted by molar-refractivity contribution is 0.683. The highest BCUT2D eigenvalue weighted by Gasteiger charge is 2.25. The third kappa shape index (κ3) is 4.61. The second-order valence-electron chi connectivity index (χ2n) is 13.8. The first-order valence-corrected chi connectivity index (χ1v) is 19.4. The molecular weight excluding hydrogens is 693 g/mol. The normalized spacial score (nSPS) is 12.3. The maximum Gasteiger partial charge on any atom is 0.0991 e. The first-order chi connectivity index (χ1) is 27.2. The largest absolute Gasteiger partial charge is 0.309 e. The van der Waals surface area contributed by atoms with Crippen molar-refractivity contribution in [2.24, 2.45) is 0 Å². The summed E-state index contributed by atoms with van der Waals surface area (Å²) >= 11 is 0. The number of aromatic nitrogens is 3. The highest BCUT2D eigenvalue weighted by Crippen LogP contribution is 2.46. The minimum atomic E-state index is -1.40. The van der Waals surface area contributed by atoms with Crippen LogP contribution in [-0.2, 0) is 10.8 Å². The number of nitriles is 1. The minimum absolute atomic E-state index is 0.544. The van der Waals surface area contributed by atoms with Crippen LogP contribution >= 0.6 is 0 Å². The van der Waals surface area contributed by atoms with Gasteiger partial charge in [0.2, 0.25) is 0 Å². The molecule has 1 atom stereocenters. The topological polar surface area (TPSA) is 55.6 Å². The van der Waals surface area contributed by atoms with Crippen LogP contribution in [0.5, 0.6) is 0 Å². The van der Waals surface area contributed by atoms with Gasteiger partial charge in [-0.15, -0.1) is 0 Å². The third-order valence-electron chi connectivity index (χ3n) is 10.9. The zero-order valence-corrected chi connectivity index (χ0v) is 30.2. The van der Waals surface area contributed by atoms with Crippen molar-refractivity contribution in [3.05, 3.63) is 188 Å². The SMILES string of the molecule is N#Cc1ccc(S(=O)c2ccc(-n3c4ccc5c(c6ccccc6n5-c5ccccc5)c4c4ccc5c6ccccc6n(-c6ccccc6)c5c43)cc2)cc1. The van der Waals surface area contributed by atoms with Crippen molar-refractivity contribution in [2.75, 3.05) is 0 Å². The van der Waals surface area contributed by atoms with E-state index in [1.54, 1.807) is 24.3 Å². The Morgan fingerprint density at radius 3 is 1.49 bits per heavy atom. The molecule has 3 heterocycles. The van der Waals surface area contributed by atoms with Gasteiger partial charge < -0.3 is 13.7 Å². The maximum absolute atomic E-state index is 13.8. The van der Waals surface area contributed by atoms with Gasteiger partial charge in [-0.3, -0.25) is 0 Å². The van der Waals surface area contributed by atoms with Gasteiger partial charge in [-0.25, -0.2) is 4.21 Å². The Balaban J connectivity index is 1.28. The number of hydrogen-bond acceptors (Lipinski definition) is 2. The maximum atomic E-state index is 13.8. The molecule has 0 aliphatic carbocycles. The summed E-state index contributed by atoms with van der Waals surface area (Å²) in [5.41, 5.74) is 10.5. The van der Waals surface area contributed by atoms with Gasteiger partial charge in [0.1, 0.15) is 0 Å². The molecule has 11 aromatic rings. The molecule has 11 rings (SSSR count). The average Bonchev–Trinajstić information content (AvgIpc) is 3.90. The van der Waals surface area contributed by atoms with Crippen molar-refractivity contribution in [1.29, 1.82) is 5.26 Å². The van der Waals surface area contributed by atoms with Crippen LogP contribution in [0.15, 0.2) is 192 Å². The van der Waals surface area contributed by atoms with E-state index in [0.717, 1.165) is 55.5 Å². The Hall–Kier alpha value is -7.20. The lowest BCUT2D eigenvalue weighted by Gasteiger charge is -2.13. The van der Waals surface area contributed by atoms with E-state index in [0.29, 0.717) is 15.4 Å². The standard InChI is InChI=1S/C49H30N4OS/c50-31-32-19-23-36(24-20-32)55(54)37-25-21-35(22-26-37)53-45-30-29-44-46(40-16-8-10-18-43(40)51(44)33-11-3-1-4-12-33)47(45)41-28-27-39-38-15-7-9-17-42(38)52(48(39)49(41)53)34-13-5-2-6-14-34/h1-30H. The van der Waals surface area contributed by atoms with Gasteiger partial charge in [0.25, 0.3) is 0 Å². The molecule has 0 saturated carbocycles. The molecule has 0 aliphatic rings. The van der Waals surface area contributed by atoms with E-state index in [1.165, 1.54) is 26.9 Å². The number of para-hydroxylation sites is 4. The van der Waals surface area contributed by atoms with E-state index in [2.05, 4.69) is 165 Å². The Morgan fingerprint density at radius 1 is 0.382 bits per heavy atom. The van der Waals surface area contributed by atoms with Crippen molar-refractivity contribution in [3.8, 4) is 23.1 Å². The summed E-state index contributed by atoms with van der Waals surface area (Å²) in [4.78, 5) is 1.36. The molecule has 0 saturated heterocycles. The smallest absolute Gasteiger partial charge is 0.0991 e. The molecule has 8 aromatic carbocycles. The van der Waals surface area contributed by atoms with Gasteiger partial charge in [0.15, 0.2) is 0 Å². The van der Waals surface area contributed by atoms with E-state index in [1.807, 2.05) is 12.1 Å². The summed E-state index contributed by atoms with van der Waals surface area (Å²) in [6, 6.07) is 64.9. The van der Waals surface area contributed by atoms with Gasteiger partial charge >= 0.3 is 0 Å². The molecule has 6 heteroatoms. The fourth-order valence-corrected chi connectivity index (χ4v) is 9.61. The lowest BCUT2D eigenvalue weighted by Crippen LogP contribution is -1.99. The molecular formula is C49H30N4OS. The van der Waals surface area contributed by atoms with Gasteiger partial charge in [-0.1, -0.05) is 84.9 Å². The van der Waals surface area contributed by atoms with Crippen molar-refractivity contribution in [1.82, 2.24) is 13.7 Å². The second-order valence-corrected chi connectivity index (χ2v) is 15.3. The predicted molar refractivity (Wildman–Crippen MR) is 225 cm³/mol. The molecule has 0 fully saturated rings. The Bertz CT molecular complexity index is 3370. The van der Waals surface area contributed by atoms with Crippen LogP contribution in [-0.4, -0.2) is 17.9 Å². The van der Waals surface area contributed by atoms with E-state index < -0.39 is 10.8 Å². The lowest BCUT2D eigenvalue weighted by atomic mass is 10.0. The van der Waals surface area contributed by atoms with Crippen LogP contribution < -0.4 is 0 Å². The molecule has 55 heavy (non-hydrogen) atoms. The molecule has 3 aromatic heterocycles. The van der Waals surface area contributed by atoms with Gasteiger partial charge in [0, 0.05) is 59.2 Å². The molecule has 0 aliphatic heterocycles. The van der Waals surface area contributed by atoms with Crippen LogP contribution in [0.25, 0.3) is 82.5 Å². The molecule has 0 N–H and O–H groups in total. The van der Waals surface area contributed by atoms with Crippen molar-refractivity contribution in [2.45, 2.75) is 9.79 Å². The summed E-state index contributed by atoms with van der Waals surface area (Å²) in [5.74, 6) is 0. The van der Waals surface area contributed by atoms with Crippen LogP contribution in [0.1, 0.15) is 5.56 Å². The van der Waals surface area contributed by atoms with Crippen LogP contribution in [0.2, 0.25) is 0 Å². The first-order valence-electron chi connectivity index (χ1n) is 18.3. The van der Waals surface area contributed by atoms with Crippen molar-refractivity contribution < 1.29 is 4.21 Å². The number of rotatable bonds is 5. The molecule has 1 unspecified atom stereocenters. The highest BCUT2D eigenvalue weighted by atomic mass is 32.2. The highest BCUT2D eigenvalue weighted by molar-refractivity contribution is 7.85. The third-order valence-corrected chi connectivity index (χ3v) is 12.3. The summed E-state index contributed by atoms with van der Waals surface area (Å²) in [5, 5.41) is 16.4. The number of fused-ring (bicyclic) bond motifs is 11. The van der Waals surface area contributed by atoms with Gasteiger partial charge in [-0.05, 0) is 97.1 Å². The zero-order chi connectivity index (χ0) is 36.6. The van der Waals surface area contributed by atoms with E-state index in [-0.39, 0.29) is 0 Å². The summed E-state index contributed by atoms with van der Waals surface area (Å²) in [6.07, 6.45) is 0. The molecule has 5 nitrogen and oxygen atoms in total. The van der Waals surface area contributed by atoms with E-state index in [9.17, 15) is 9.47 Å². The van der Waals surface area contributed by atoms with Gasteiger partial charge in [-0.2, -0.15) is 5.26 Å². The number of benzene rings is 8. The van der Waals surface area contributed by atoms with E-state index in [4.69, 9.17) is 0 Å². The average molecular weight is 723 g/mol. The van der Waals surface area contributed by atoms with Crippen LogP contribution in [0.3, 0.4) is 0 Å². The number of nitrogens with zero attached hydrogens (tertiary/aromatic N) is 4. The van der Waals surface area contributed by atoms with Crippen molar-refractivity contribution >= 4 is 76.2 Å². The molecule has 0 radical (unpaired) electrons. The second kappa shape index (κ2) is 12.2. The Labute approximate surface area is 318 Å². The Morgan fingerprint density at radius 2 is 0.836 bits per heavy atom. The van der Waals surface area contributed by atoms with Crippen molar-refractivity contribution in [3.63, 3.8) is 0 Å². The fourth-order valence-electron chi connectivity index (χ4n) is 8.57. The molecule has 0 bridgehead atoms. The molecule has 0 spiro atoms. The number of hydrogen-bond donors (Lipinski definition) is 0. The first kappa shape index (κ1) is 31.3. The van der Waals surface area contributed by atoms with Crippen LogP contribution in [0.4, 0.5) is 0 Å². The summed E-state index contributed by atoms with van der Waals surface area (Å²) in [6.45, 7) is 0. The Kier molecular flexibility index (Phi) is 6.94. The summed E-state index contributed by atoms with van der Waals surface area (Å²) < 4.78 is 20.9. The fraction of sp³-hybridized carbons (Fsp3) is 0. The predicted octanol–water partition coefficient (Wildman–Crippen LogP) is 12.0. The summed E-state index contributed by atoms with van der Waals surface area (Å²) in [7, 11) is -1.40. The monoisotopic (exact) mass is 722 g/mol. The van der Waals surface area contributed by atoms with Crippen LogP contribution in [0, 0.1) is 11.3 Å². The quantitative estimate of drug-likeness (QED) is 0.178. The molecule has 0 amide bonds. The zero-order valence-electron chi connectivity index (χ0n) is 29.4. The van der Waals surface area contributed by atoms with E-state index >= 15 is 0 Å².